The molecule has 0 unspecified atom stereocenters. The third kappa shape index (κ3) is 20.1. The van der Waals surface area contributed by atoms with Crippen LogP contribution >= 0.6 is 0 Å². The van der Waals surface area contributed by atoms with Gasteiger partial charge >= 0.3 is 17.9 Å². The summed E-state index contributed by atoms with van der Waals surface area (Å²) >= 11 is 0. The number of rotatable bonds is 10. The van der Waals surface area contributed by atoms with Crippen LogP contribution in [0.25, 0.3) is 0 Å². The molecule has 0 aromatic heterocycles. The quantitative estimate of drug-likeness (QED) is 0.207. The lowest BCUT2D eigenvalue weighted by Crippen LogP contribution is -2.50. The van der Waals surface area contributed by atoms with Gasteiger partial charge in [-0.2, -0.15) is 0 Å². The first-order valence-corrected chi connectivity index (χ1v) is 15.2. The predicted molar refractivity (Wildman–Crippen MR) is 166 cm³/mol. The normalized spacial score (nSPS) is 17.7. The molecule has 1 aliphatic heterocycles. The van der Waals surface area contributed by atoms with Gasteiger partial charge in [-0.15, -0.1) is 12.3 Å². The van der Waals surface area contributed by atoms with Gasteiger partial charge in [0.05, 0.1) is 26.2 Å². The van der Waals surface area contributed by atoms with E-state index in [-0.39, 0.29) is 49.9 Å². The molecule has 0 saturated carbocycles. The Morgan fingerprint density at radius 1 is 0.535 bits per heavy atom. The zero-order valence-electron chi connectivity index (χ0n) is 28.1. The lowest BCUT2D eigenvalue weighted by atomic mass is 10.2. The van der Waals surface area contributed by atoms with Gasteiger partial charge < -0.3 is 14.2 Å². The molecule has 1 fully saturated rings. The van der Waals surface area contributed by atoms with Gasteiger partial charge in [0.2, 0.25) is 0 Å². The van der Waals surface area contributed by atoms with Crippen molar-refractivity contribution in [2.75, 3.05) is 78.5 Å². The number of hydrogen-bond acceptors (Lipinski definition) is 11. The smallest absolute Gasteiger partial charge is 0.320 e. The Morgan fingerprint density at radius 3 is 1.02 bits per heavy atom. The Bertz CT molecular complexity index is 911. The highest BCUT2D eigenvalue weighted by molar-refractivity contribution is 5.80. The summed E-state index contributed by atoms with van der Waals surface area (Å²) in [5.41, 5.74) is -1.84. The zero-order chi connectivity index (χ0) is 32.8. The van der Waals surface area contributed by atoms with E-state index in [1.807, 2.05) is 81.9 Å². The highest BCUT2D eigenvalue weighted by atomic mass is 16.6. The standard InChI is InChI=1S/C32H56N4O7/c1-11-12-13-26(37)22-33-14-16-34(23-27(38)41-30(2,3)4)18-20-36(25-29(40)43-32(8,9)10)21-19-35(17-15-33)24-28(39)42-31(5,6)7/h1H,12-25H2,2-10H3. The van der Waals surface area contributed by atoms with Gasteiger partial charge in [0.25, 0.3) is 0 Å². The summed E-state index contributed by atoms with van der Waals surface area (Å²) in [5.74, 6) is 1.56. The molecule has 11 heteroatoms. The molecule has 43 heavy (non-hydrogen) atoms. The fraction of sp³-hybridized carbons (Fsp3) is 0.812. The largest absolute Gasteiger partial charge is 0.459 e. The van der Waals surface area contributed by atoms with Gasteiger partial charge in [0.15, 0.2) is 0 Å². The van der Waals surface area contributed by atoms with Gasteiger partial charge in [-0.05, 0) is 62.3 Å². The number of carbonyl (C=O) groups excluding carboxylic acids is 4. The molecule has 0 N–H and O–H groups in total. The summed E-state index contributed by atoms with van der Waals surface area (Å²) in [6.07, 6.45) is 6.05. The molecule has 0 bridgehead atoms. The molecule has 0 atom stereocenters. The number of nitrogens with zero attached hydrogens (tertiary/aromatic N) is 4. The molecule has 0 amide bonds. The van der Waals surface area contributed by atoms with Crippen molar-refractivity contribution >= 4 is 23.7 Å². The maximum atomic E-state index is 12.8. The lowest BCUT2D eigenvalue weighted by Gasteiger charge is -2.34. The second-order valence-electron chi connectivity index (χ2n) is 14.1. The Kier molecular flexibility index (Phi) is 15.8. The molecule has 0 aromatic rings. The van der Waals surface area contributed by atoms with Crippen LogP contribution in [0.1, 0.15) is 75.2 Å². The minimum absolute atomic E-state index is 0.0472. The van der Waals surface area contributed by atoms with Gasteiger partial charge in [0, 0.05) is 65.2 Å². The van der Waals surface area contributed by atoms with E-state index in [0.29, 0.717) is 65.2 Å². The summed E-state index contributed by atoms with van der Waals surface area (Å²) in [6.45, 7) is 21.0. The number of ether oxygens (including phenoxy) is 3. The minimum Gasteiger partial charge on any atom is -0.459 e. The van der Waals surface area contributed by atoms with Crippen molar-refractivity contribution < 1.29 is 33.4 Å². The van der Waals surface area contributed by atoms with E-state index in [1.54, 1.807) is 0 Å². The molecule has 1 saturated heterocycles. The molecule has 246 valence electrons. The Labute approximate surface area is 259 Å². The number of ketones is 1. The first kappa shape index (κ1) is 38.5. The number of esters is 3. The summed E-state index contributed by atoms with van der Waals surface area (Å²) in [4.78, 5) is 58.9. The minimum atomic E-state index is -0.615. The van der Waals surface area contributed by atoms with Crippen molar-refractivity contribution in [3.05, 3.63) is 0 Å². The van der Waals surface area contributed by atoms with E-state index < -0.39 is 16.8 Å². The van der Waals surface area contributed by atoms with Crippen LogP contribution in [-0.2, 0) is 33.4 Å². The maximum Gasteiger partial charge on any atom is 0.320 e. The Balaban J connectivity index is 3.20. The van der Waals surface area contributed by atoms with Crippen LogP contribution in [0.4, 0.5) is 0 Å². The van der Waals surface area contributed by atoms with Crippen molar-refractivity contribution in [2.24, 2.45) is 0 Å². The Hall–Kier alpha value is -2.52. The number of hydrogen-bond donors (Lipinski definition) is 0. The van der Waals surface area contributed by atoms with Gasteiger partial charge in [0.1, 0.15) is 22.6 Å². The highest BCUT2D eigenvalue weighted by Crippen LogP contribution is 2.11. The van der Waals surface area contributed by atoms with Gasteiger partial charge in [-0.1, -0.05) is 0 Å². The van der Waals surface area contributed by atoms with E-state index in [0.717, 1.165) is 0 Å². The molecule has 0 radical (unpaired) electrons. The maximum absolute atomic E-state index is 12.8. The van der Waals surface area contributed by atoms with Crippen molar-refractivity contribution in [3.8, 4) is 12.3 Å². The van der Waals surface area contributed by atoms with Crippen LogP contribution in [0.15, 0.2) is 0 Å². The van der Waals surface area contributed by atoms with Crippen LogP contribution < -0.4 is 0 Å². The van der Waals surface area contributed by atoms with Crippen molar-refractivity contribution in [3.63, 3.8) is 0 Å². The van der Waals surface area contributed by atoms with Crippen LogP contribution in [0.2, 0.25) is 0 Å². The van der Waals surface area contributed by atoms with E-state index >= 15 is 0 Å². The SMILES string of the molecule is C#CCCC(=O)CN1CCN(CC(=O)OC(C)(C)C)CCN(CC(=O)OC(C)(C)C)CCN(CC(=O)OC(C)(C)C)CC1. The van der Waals surface area contributed by atoms with Crippen LogP contribution in [0, 0.1) is 12.3 Å². The van der Waals surface area contributed by atoms with Crippen molar-refractivity contribution in [2.45, 2.75) is 92.0 Å². The molecular weight excluding hydrogens is 552 g/mol. The Morgan fingerprint density at radius 2 is 0.791 bits per heavy atom. The second kappa shape index (κ2) is 17.7. The van der Waals surface area contributed by atoms with E-state index in [1.165, 1.54) is 0 Å². The molecule has 1 heterocycles. The predicted octanol–water partition coefficient (Wildman–Crippen LogP) is 2.22. The van der Waals surface area contributed by atoms with E-state index in [9.17, 15) is 19.2 Å². The zero-order valence-corrected chi connectivity index (χ0v) is 28.1. The van der Waals surface area contributed by atoms with Gasteiger partial charge in [-0.3, -0.25) is 38.8 Å². The number of terminal acetylenes is 1. The van der Waals surface area contributed by atoms with Gasteiger partial charge in [-0.25, -0.2) is 0 Å². The topological polar surface area (TPSA) is 109 Å². The first-order chi connectivity index (χ1) is 19.7. The van der Waals surface area contributed by atoms with Crippen molar-refractivity contribution in [1.82, 2.24) is 19.6 Å². The molecule has 11 nitrogen and oxygen atoms in total. The second-order valence-corrected chi connectivity index (χ2v) is 14.1. The molecule has 0 aliphatic carbocycles. The van der Waals surface area contributed by atoms with E-state index in [4.69, 9.17) is 20.6 Å². The van der Waals surface area contributed by atoms with Crippen LogP contribution in [0.3, 0.4) is 0 Å². The molecule has 0 spiro atoms. The molecule has 1 aliphatic rings. The highest BCUT2D eigenvalue weighted by Gasteiger charge is 2.25. The third-order valence-corrected chi connectivity index (χ3v) is 6.20. The third-order valence-electron chi connectivity index (χ3n) is 6.20. The van der Waals surface area contributed by atoms with Crippen molar-refractivity contribution in [1.29, 1.82) is 0 Å². The van der Waals surface area contributed by atoms with E-state index in [2.05, 4.69) is 5.92 Å². The molecule has 1 rings (SSSR count). The summed E-state index contributed by atoms with van der Waals surface area (Å²) in [5, 5.41) is 0. The fourth-order valence-corrected chi connectivity index (χ4v) is 4.42. The number of carbonyl (C=O) groups is 4. The monoisotopic (exact) mass is 608 g/mol. The fourth-order valence-electron chi connectivity index (χ4n) is 4.42. The number of Topliss-reactive ketones (excluding diaryl/α,β-unsaturated/α-hetero) is 1. The summed E-state index contributed by atoms with van der Waals surface area (Å²) in [6, 6.07) is 0. The van der Waals surface area contributed by atoms with Crippen LogP contribution in [-0.4, -0.2) is 139 Å². The summed E-state index contributed by atoms with van der Waals surface area (Å²) < 4.78 is 16.7. The first-order valence-electron chi connectivity index (χ1n) is 15.2. The average Bonchev–Trinajstić information content (AvgIpc) is 2.80. The molecule has 0 aromatic carbocycles. The lowest BCUT2D eigenvalue weighted by molar-refractivity contribution is -0.158. The average molecular weight is 609 g/mol. The van der Waals surface area contributed by atoms with Crippen LogP contribution in [0.5, 0.6) is 0 Å². The summed E-state index contributed by atoms with van der Waals surface area (Å²) in [7, 11) is 0. The molecular formula is C32H56N4O7.